The molecule has 0 heterocycles. The quantitative estimate of drug-likeness (QED) is 0.565. The fourth-order valence-electron chi connectivity index (χ4n) is 1.98. The molecular weight excluding hydrogens is 218 g/mol. The Morgan fingerprint density at radius 1 is 1.29 bits per heavy atom. The van der Waals surface area contributed by atoms with E-state index in [4.69, 9.17) is 9.47 Å². The minimum absolute atomic E-state index is 0.140. The van der Waals surface area contributed by atoms with Gasteiger partial charge in [-0.05, 0) is 31.7 Å². The van der Waals surface area contributed by atoms with Gasteiger partial charge in [-0.2, -0.15) is 0 Å². The first-order chi connectivity index (χ1) is 8.14. The van der Waals surface area contributed by atoms with E-state index >= 15 is 0 Å². The van der Waals surface area contributed by atoms with Gasteiger partial charge in [-0.25, -0.2) is 0 Å². The van der Waals surface area contributed by atoms with E-state index in [-0.39, 0.29) is 12.1 Å². The standard InChI is InChI=1S/C13H27NO3/c1-11(2)8-16-6-7-17-10-13(9-15,14-3)12-4-5-12/h11-12,14-15H,4-10H2,1-3H3. The van der Waals surface area contributed by atoms with Crippen molar-refractivity contribution in [1.82, 2.24) is 5.32 Å². The zero-order chi connectivity index (χ0) is 12.7. The molecule has 4 heteroatoms. The topological polar surface area (TPSA) is 50.7 Å². The largest absolute Gasteiger partial charge is 0.394 e. The SMILES string of the molecule is CNC(CO)(COCCOCC(C)C)C1CC1. The minimum Gasteiger partial charge on any atom is -0.394 e. The normalized spacial score (nSPS) is 19.6. The molecule has 1 saturated carbocycles. The smallest absolute Gasteiger partial charge is 0.0701 e. The first-order valence-electron chi connectivity index (χ1n) is 6.60. The van der Waals surface area contributed by atoms with Crippen molar-refractivity contribution in [2.75, 3.05) is 40.1 Å². The highest BCUT2D eigenvalue weighted by Gasteiger charge is 2.43. The van der Waals surface area contributed by atoms with E-state index in [1.807, 2.05) is 7.05 Å². The average Bonchev–Trinajstić information content (AvgIpc) is 3.13. The van der Waals surface area contributed by atoms with Crippen LogP contribution in [-0.4, -0.2) is 50.7 Å². The molecule has 0 aromatic carbocycles. The lowest BCUT2D eigenvalue weighted by atomic mass is 9.96. The Hall–Kier alpha value is -0.160. The van der Waals surface area contributed by atoms with E-state index in [1.54, 1.807) is 0 Å². The van der Waals surface area contributed by atoms with Crippen molar-refractivity contribution in [3.8, 4) is 0 Å². The third-order valence-corrected chi connectivity index (χ3v) is 3.32. The molecule has 1 aliphatic rings. The molecule has 1 aliphatic carbocycles. The van der Waals surface area contributed by atoms with E-state index < -0.39 is 0 Å². The van der Waals surface area contributed by atoms with E-state index in [0.717, 1.165) is 6.61 Å². The molecule has 0 aromatic rings. The fourth-order valence-corrected chi connectivity index (χ4v) is 1.98. The molecule has 0 aliphatic heterocycles. The maximum atomic E-state index is 9.49. The summed E-state index contributed by atoms with van der Waals surface area (Å²) in [6.07, 6.45) is 2.38. The van der Waals surface area contributed by atoms with Gasteiger partial charge in [0.05, 0.1) is 32.0 Å². The number of rotatable bonds is 10. The molecule has 0 amide bonds. The van der Waals surface area contributed by atoms with Crippen LogP contribution in [0.3, 0.4) is 0 Å². The van der Waals surface area contributed by atoms with Crippen LogP contribution in [0, 0.1) is 11.8 Å². The molecule has 0 saturated heterocycles. The van der Waals surface area contributed by atoms with Crippen LogP contribution in [0.15, 0.2) is 0 Å². The lowest BCUT2D eigenvalue weighted by Gasteiger charge is -2.31. The zero-order valence-corrected chi connectivity index (χ0v) is 11.4. The molecule has 17 heavy (non-hydrogen) atoms. The van der Waals surface area contributed by atoms with Gasteiger partial charge in [-0.15, -0.1) is 0 Å². The van der Waals surface area contributed by atoms with Crippen molar-refractivity contribution in [2.45, 2.75) is 32.2 Å². The maximum Gasteiger partial charge on any atom is 0.0701 e. The van der Waals surface area contributed by atoms with Crippen LogP contribution in [0.1, 0.15) is 26.7 Å². The predicted molar refractivity (Wildman–Crippen MR) is 68.1 cm³/mol. The number of aliphatic hydroxyl groups is 1. The fraction of sp³-hybridized carbons (Fsp3) is 1.00. The molecular formula is C13H27NO3. The third kappa shape index (κ3) is 4.92. The first kappa shape index (κ1) is 14.9. The Morgan fingerprint density at radius 3 is 2.41 bits per heavy atom. The summed E-state index contributed by atoms with van der Waals surface area (Å²) in [5, 5.41) is 12.7. The van der Waals surface area contributed by atoms with E-state index in [2.05, 4.69) is 19.2 Å². The van der Waals surface area contributed by atoms with Crippen LogP contribution in [0.25, 0.3) is 0 Å². The second-order valence-corrected chi connectivity index (χ2v) is 5.36. The molecule has 1 rings (SSSR count). The molecule has 0 radical (unpaired) electrons. The Kier molecular flexibility index (Phi) is 6.41. The summed E-state index contributed by atoms with van der Waals surface area (Å²) in [7, 11) is 1.90. The third-order valence-electron chi connectivity index (χ3n) is 3.32. The Bertz CT molecular complexity index is 201. The molecule has 2 N–H and O–H groups in total. The van der Waals surface area contributed by atoms with Gasteiger partial charge in [0.2, 0.25) is 0 Å². The summed E-state index contributed by atoms with van der Waals surface area (Å²) in [6.45, 7) is 6.98. The highest BCUT2D eigenvalue weighted by Crippen LogP contribution is 2.39. The van der Waals surface area contributed by atoms with Gasteiger partial charge >= 0.3 is 0 Å². The van der Waals surface area contributed by atoms with Gasteiger partial charge in [-0.3, -0.25) is 0 Å². The molecule has 0 spiro atoms. The number of likely N-dealkylation sites (N-methyl/N-ethyl adjacent to an activating group) is 1. The average molecular weight is 245 g/mol. The van der Waals surface area contributed by atoms with Gasteiger partial charge in [-0.1, -0.05) is 13.8 Å². The number of ether oxygens (including phenoxy) is 2. The second kappa shape index (κ2) is 7.31. The molecule has 0 bridgehead atoms. The molecule has 1 unspecified atom stereocenters. The van der Waals surface area contributed by atoms with E-state index in [9.17, 15) is 5.11 Å². The molecule has 0 aromatic heterocycles. The Labute approximate surface area is 105 Å². The highest BCUT2D eigenvalue weighted by atomic mass is 16.5. The van der Waals surface area contributed by atoms with Gasteiger partial charge in [0.25, 0.3) is 0 Å². The summed E-state index contributed by atoms with van der Waals surface area (Å²) in [4.78, 5) is 0. The van der Waals surface area contributed by atoms with Crippen LogP contribution in [0.4, 0.5) is 0 Å². The zero-order valence-electron chi connectivity index (χ0n) is 11.4. The van der Waals surface area contributed by atoms with Gasteiger partial charge < -0.3 is 19.9 Å². The molecule has 1 atom stereocenters. The van der Waals surface area contributed by atoms with Gasteiger partial charge in [0.15, 0.2) is 0 Å². The summed E-state index contributed by atoms with van der Waals surface area (Å²) < 4.78 is 11.1. The first-order valence-corrected chi connectivity index (χ1v) is 6.60. The van der Waals surface area contributed by atoms with Crippen molar-refractivity contribution < 1.29 is 14.6 Å². The van der Waals surface area contributed by atoms with Crippen molar-refractivity contribution in [1.29, 1.82) is 0 Å². The summed E-state index contributed by atoms with van der Waals surface area (Å²) in [6, 6.07) is 0. The predicted octanol–water partition coefficient (Wildman–Crippen LogP) is 1.04. The number of hydrogen-bond acceptors (Lipinski definition) is 4. The lowest BCUT2D eigenvalue weighted by Crippen LogP contribution is -2.52. The Balaban J connectivity index is 2.11. The number of hydrogen-bond donors (Lipinski definition) is 2. The van der Waals surface area contributed by atoms with Crippen LogP contribution in [0.5, 0.6) is 0 Å². The molecule has 1 fully saturated rings. The maximum absolute atomic E-state index is 9.49. The monoisotopic (exact) mass is 245 g/mol. The number of aliphatic hydroxyl groups excluding tert-OH is 1. The molecule has 4 nitrogen and oxygen atoms in total. The second-order valence-electron chi connectivity index (χ2n) is 5.36. The number of nitrogens with one attached hydrogen (secondary N) is 1. The Morgan fingerprint density at radius 2 is 1.94 bits per heavy atom. The highest BCUT2D eigenvalue weighted by molar-refractivity contribution is 5.00. The van der Waals surface area contributed by atoms with Gasteiger partial charge in [0.1, 0.15) is 0 Å². The van der Waals surface area contributed by atoms with Crippen LogP contribution < -0.4 is 5.32 Å². The van der Waals surface area contributed by atoms with Crippen molar-refractivity contribution in [3.63, 3.8) is 0 Å². The van der Waals surface area contributed by atoms with Crippen LogP contribution >= 0.6 is 0 Å². The summed E-state index contributed by atoms with van der Waals surface area (Å²) in [5.74, 6) is 1.13. The van der Waals surface area contributed by atoms with Crippen molar-refractivity contribution in [3.05, 3.63) is 0 Å². The van der Waals surface area contributed by atoms with Crippen molar-refractivity contribution in [2.24, 2.45) is 11.8 Å². The van der Waals surface area contributed by atoms with Crippen LogP contribution in [-0.2, 0) is 9.47 Å². The van der Waals surface area contributed by atoms with Gasteiger partial charge in [0, 0.05) is 6.61 Å². The van der Waals surface area contributed by atoms with E-state index in [0.29, 0.717) is 31.7 Å². The minimum atomic E-state index is -0.238. The van der Waals surface area contributed by atoms with Crippen molar-refractivity contribution >= 4 is 0 Å². The molecule has 102 valence electrons. The summed E-state index contributed by atoms with van der Waals surface area (Å²) in [5.41, 5.74) is -0.238. The summed E-state index contributed by atoms with van der Waals surface area (Å²) >= 11 is 0. The van der Waals surface area contributed by atoms with E-state index in [1.165, 1.54) is 12.8 Å². The lowest BCUT2D eigenvalue weighted by molar-refractivity contribution is -0.00569. The van der Waals surface area contributed by atoms with Crippen LogP contribution in [0.2, 0.25) is 0 Å².